The van der Waals surface area contributed by atoms with E-state index < -0.39 is 12.1 Å². The molecule has 0 aromatic heterocycles. The number of rotatable bonds is 4. The van der Waals surface area contributed by atoms with Gasteiger partial charge in [0.25, 0.3) is 0 Å². The second kappa shape index (κ2) is 6.08. The average Bonchev–Trinajstić information content (AvgIpc) is 2.80. The molecule has 0 aromatic rings. The standard InChI is InChI=1S/C12H19N3O5/c1-20-9(11(17)18)6-13-12(19)14-4-5-15-8(7-14)2-3-10(15)16/h8-9H,2-7H2,1H3,(H,13,19)(H,17,18). The number of nitrogens with zero attached hydrogens (tertiary/aromatic N) is 2. The molecule has 112 valence electrons. The van der Waals surface area contributed by atoms with Gasteiger partial charge in [0.05, 0.1) is 6.54 Å². The predicted molar refractivity (Wildman–Crippen MR) is 68.1 cm³/mol. The summed E-state index contributed by atoms with van der Waals surface area (Å²) in [6.07, 6.45) is 0.275. The molecular weight excluding hydrogens is 266 g/mol. The monoisotopic (exact) mass is 285 g/mol. The lowest BCUT2D eigenvalue weighted by molar-refractivity contribution is -0.148. The van der Waals surface area contributed by atoms with Gasteiger partial charge in [-0.2, -0.15) is 0 Å². The molecule has 2 rings (SSSR count). The number of aliphatic carboxylic acids is 1. The van der Waals surface area contributed by atoms with Crippen LogP contribution in [0.2, 0.25) is 0 Å². The Morgan fingerprint density at radius 1 is 1.50 bits per heavy atom. The normalized spacial score (nSPS) is 23.4. The SMILES string of the molecule is COC(CNC(=O)N1CCN2C(=O)CCC2C1)C(=O)O. The van der Waals surface area contributed by atoms with Crippen LogP contribution in [0.15, 0.2) is 0 Å². The van der Waals surface area contributed by atoms with Crippen molar-refractivity contribution in [1.82, 2.24) is 15.1 Å². The first-order valence-corrected chi connectivity index (χ1v) is 6.60. The maximum Gasteiger partial charge on any atom is 0.334 e. The number of hydrogen-bond acceptors (Lipinski definition) is 4. The van der Waals surface area contributed by atoms with Crippen molar-refractivity contribution in [3.05, 3.63) is 0 Å². The van der Waals surface area contributed by atoms with Crippen molar-refractivity contribution in [3.63, 3.8) is 0 Å². The number of methoxy groups -OCH3 is 1. The molecule has 0 spiro atoms. The highest BCUT2D eigenvalue weighted by Crippen LogP contribution is 2.22. The molecule has 3 amide bonds. The Hall–Kier alpha value is -1.83. The minimum Gasteiger partial charge on any atom is -0.479 e. The van der Waals surface area contributed by atoms with E-state index in [1.54, 1.807) is 4.90 Å². The molecule has 20 heavy (non-hydrogen) atoms. The molecule has 8 nitrogen and oxygen atoms in total. The van der Waals surface area contributed by atoms with Gasteiger partial charge in [0.15, 0.2) is 6.10 Å². The molecule has 2 aliphatic heterocycles. The Morgan fingerprint density at radius 2 is 2.25 bits per heavy atom. The maximum atomic E-state index is 12.0. The number of amides is 3. The largest absolute Gasteiger partial charge is 0.479 e. The Balaban J connectivity index is 1.82. The fourth-order valence-electron chi connectivity index (χ4n) is 2.61. The van der Waals surface area contributed by atoms with E-state index in [1.165, 1.54) is 7.11 Å². The summed E-state index contributed by atoms with van der Waals surface area (Å²) in [5.74, 6) is -0.959. The Labute approximate surface area is 116 Å². The number of urea groups is 1. The molecule has 2 heterocycles. The molecule has 2 aliphatic rings. The van der Waals surface area contributed by atoms with Gasteiger partial charge in [-0.3, -0.25) is 4.79 Å². The summed E-state index contributed by atoms with van der Waals surface area (Å²) in [5, 5.41) is 11.4. The smallest absolute Gasteiger partial charge is 0.334 e. The highest BCUT2D eigenvalue weighted by Gasteiger charge is 2.36. The quantitative estimate of drug-likeness (QED) is 0.697. The molecule has 0 bridgehead atoms. The molecule has 2 fully saturated rings. The minimum atomic E-state index is -1.11. The summed E-state index contributed by atoms with van der Waals surface area (Å²) in [6.45, 7) is 1.44. The molecule has 8 heteroatoms. The van der Waals surface area contributed by atoms with Crippen LogP contribution in [0.3, 0.4) is 0 Å². The molecule has 0 saturated carbocycles. The number of carbonyl (C=O) groups excluding carboxylic acids is 2. The zero-order chi connectivity index (χ0) is 14.7. The number of ether oxygens (including phenoxy) is 1. The van der Waals surface area contributed by atoms with Gasteiger partial charge in [0.2, 0.25) is 5.91 Å². The second-order valence-electron chi connectivity index (χ2n) is 4.97. The van der Waals surface area contributed by atoms with Gasteiger partial charge < -0.3 is 25.0 Å². The first-order valence-electron chi connectivity index (χ1n) is 6.60. The molecule has 2 saturated heterocycles. The summed E-state index contributed by atoms with van der Waals surface area (Å²) < 4.78 is 4.75. The average molecular weight is 285 g/mol. The molecule has 0 aromatic carbocycles. The van der Waals surface area contributed by atoms with E-state index in [-0.39, 0.29) is 24.5 Å². The first kappa shape index (κ1) is 14.6. The summed E-state index contributed by atoms with van der Waals surface area (Å²) in [7, 11) is 1.29. The van der Waals surface area contributed by atoms with Crippen molar-refractivity contribution in [2.24, 2.45) is 0 Å². The summed E-state index contributed by atoms with van der Waals surface area (Å²) in [5.41, 5.74) is 0. The number of carboxylic acids is 1. The van der Waals surface area contributed by atoms with Crippen molar-refractivity contribution in [1.29, 1.82) is 0 Å². The van der Waals surface area contributed by atoms with Crippen LogP contribution in [0.5, 0.6) is 0 Å². The molecule has 2 unspecified atom stereocenters. The lowest BCUT2D eigenvalue weighted by Crippen LogP contribution is -2.56. The van der Waals surface area contributed by atoms with E-state index in [9.17, 15) is 14.4 Å². The number of nitrogens with one attached hydrogen (secondary N) is 1. The van der Waals surface area contributed by atoms with E-state index in [0.29, 0.717) is 26.1 Å². The van der Waals surface area contributed by atoms with Crippen molar-refractivity contribution in [3.8, 4) is 0 Å². The highest BCUT2D eigenvalue weighted by atomic mass is 16.5. The lowest BCUT2D eigenvalue weighted by Gasteiger charge is -2.37. The molecule has 0 aliphatic carbocycles. The zero-order valence-electron chi connectivity index (χ0n) is 11.4. The zero-order valence-corrected chi connectivity index (χ0v) is 11.4. The van der Waals surface area contributed by atoms with Crippen molar-refractivity contribution < 1.29 is 24.2 Å². The van der Waals surface area contributed by atoms with Crippen LogP contribution in [0, 0.1) is 0 Å². The first-order chi connectivity index (χ1) is 9.52. The van der Waals surface area contributed by atoms with Crippen LogP contribution in [-0.4, -0.2) is 78.2 Å². The van der Waals surface area contributed by atoms with E-state index in [2.05, 4.69) is 5.32 Å². The summed E-state index contributed by atoms with van der Waals surface area (Å²) >= 11 is 0. The summed E-state index contributed by atoms with van der Waals surface area (Å²) in [6, 6.07) is -0.216. The minimum absolute atomic E-state index is 0.0749. The summed E-state index contributed by atoms with van der Waals surface area (Å²) in [4.78, 5) is 37.7. The predicted octanol–water partition coefficient (Wildman–Crippen LogP) is -0.898. The van der Waals surface area contributed by atoms with Gasteiger partial charge >= 0.3 is 12.0 Å². The van der Waals surface area contributed by atoms with Gasteiger partial charge in [-0.1, -0.05) is 0 Å². The van der Waals surface area contributed by atoms with Crippen LogP contribution < -0.4 is 5.32 Å². The Morgan fingerprint density at radius 3 is 2.90 bits per heavy atom. The third-order valence-electron chi connectivity index (χ3n) is 3.78. The van der Waals surface area contributed by atoms with Gasteiger partial charge in [-0.05, 0) is 6.42 Å². The number of carboxylic acid groups (broad SMARTS) is 1. The van der Waals surface area contributed by atoms with Crippen LogP contribution >= 0.6 is 0 Å². The number of piperazine rings is 1. The van der Waals surface area contributed by atoms with E-state index in [1.807, 2.05) is 4.90 Å². The third kappa shape index (κ3) is 3.01. The molecule has 2 N–H and O–H groups in total. The second-order valence-corrected chi connectivity index (χ2v) is 4.97. The van der Waals surface area contributed by atoms with Gasteiger partial charge in [-0.25, -0.2) is 9.59 Å². The van der Waals surface area contributed by atoms with Crippen LogP contribution in [0.25, 0.3) is 0 Å². The van der Waals surface area contributed by atoms with E-state index >= 15 is 0 Å². The highest BCUT2D eigenvalue weighted by molar-refractivity contribution is 5.80. The third-order valence-corrected chi connectivity index (χ3v) is 3.78. The fraction of sp³-hybridized carbons (Fsp3) is 0.750. The molecule has 0 radical (unpaired) electrons. The van der Waals surface area contributed by atoms with Gasteiger partial charge in [0, 0.05) is 39.2 Å². The number of hydrogen-bond donors (Lipinski definition) is 2. The lowest BCUT2D eigenvalue weighted by atomic mass is 10.1. The van der Waals surface area contributed by atoms with Crippen molar-refractivity contribution >= 4 is 17.9 Å². The van der Waals surface area contributed by atoms with Crippen molar-refractivity contribution in [2.45, 2.75) is 25.0 Å². The van der Waals surface area contributed by atoms with Crippen LogP contribution in [0.4, 0.5) is 4.79 Å². The topological polar surface area (TPSA) is 99.2 Å². The maximum absolute atomic E-state index is 12.0. The number of carbonyl (C=O) groups is 3. The van der Waals surface area contributed by atoms with Gasteiger partial charge in [0.1, 0.15) is 0 Å². The molecule has 2 atom stereocenters. The number of fused-ring (bicyclic) bond motifs is 1. The fourth-order valence-corrected chi connectivity index (χ4v) is 2.61. The molecular formula is C12H19N3O5. The Kier molecular flexibility index (Phi) is 4.43. The van der Waals surface area contributed by atoms with Gasteiger partial charge in [-0.15, -0.1) is 0 Å². The van der Waals surface area contributed by atoms with E-state index in [0.717, 1.165) is 6.42 Å². The van der Waals surface area contributed by atoms with Crippen LogP contribution in [-0.2, 0) is 14.3 Å². The van der Waals surface area contributed by atoms with E-state index in [4.69, 9.17) is 9.84 Å². The Bertz CT molecular complexity index is 414. The van der Waals surface area contributed by atoms with Crippen molar-refractivity contribution in [2.75, 3.05) is 33.3 Å². The van der Waals surface area contributed by atoms with Crippen LogP contribution in [0.1, 0.15) is 12.8 Å².